The fourth-order valence-electron chi connectivity index (χ4n) is 3.07. The van der Waals surface area contributed by atoms with E-state index in [1.165, 1.54) is 5.56 Å². The molecule has 0 fully saturated rings. The number of anilines is 1. The molecule has 4 rings (SSSR count). The van der Waals surface area contributed by atoms with E-state index in [-0.39, 0.29) is 12.8 Å². The van der Waals surface area contributed by atoms with Gasteiger partial charge in [0.25, 0.3) is 0 Å². The van der Waals surface area contributed by atoms with Gasteiger partial charge in [-0.3, -0.25) is 5.73 Å². The molecule has 0 spiro atoms. The molecule has 0 bridgehead atoms. The molecular formula is C21H21N5O. The van der Waals surface area contributed by atoms with Crippen molar-refractivity contribution in [2.75, 3.05) is 12.0 Å². The number of aromatic nitrogens is 3. The first-order valence-electron chi connectivity index (χ1n) is 8.83. The Kier molecular flexibility index (Phi) is 4.72. The third kappa shape index (κ3) is 3.61. The first-order valence-corrected chi connectivity index (χ1v) is 8.83. The monoisotopic (exact) mass is 359 g/mol. The number of nitrogens with two attached hydrogens (primary N) is 1. The lowest BCUT2D eigenvalue weighted by molar-refractivity contribution is 0.330. The van der Waals surface area contributed by atoms with E-state index in [1.807, 2.05) is 42.5 Å². The Labute approximate surface area is 157 Å². The average Bonchev–Trinajstić information content (AvgIpc) is 3.15. The number of ether oxygens (including phenoxy) is 1. The van der Waals surface area contributed by atoms with Crippen molar-refractivity contribution in [1.82, 2.24) is 15.0 Å². The topological polar surface area (TPSA) is 88.8 Å². The van der Waals surface area contributed by atoms with E-state index < -0.39 is 0 Å². The summed E-state index contributed by atoms with van der Waals surface area (Å²) in [5.41, 5.74) is 9.42. The van der Waals surface area contributed by atoms with E-state index >= 15 is 0 Å². The van der Waals surface area contributed by atoms with E-state index in [1.54, 1.807) is 6.33 Å². The highest BCUT2D eigenvalue weighted by molar-refractivity contribution is 5.91. The molecule has 0 aliphatic carbocycles. The summed E-state index contributed by atoms with van der Waals surface area (Å²) in [6.07, 6.45) is 1.57. The molecule has 136 valence electrons. The number of fused-ring (bicyclic) bond motifs is 1. The Morgan fingerprint density at radius 3 is 2.59 bits per heavy atom. The molecule has 4 N–H and O–H groups in total. The molecule has 0 unspecified atom stereocenters. The third-order valence-electron chi connectivity index (χ3n) is 4.49. The van der Waals surface area contributed by atoms with Gasteiger partial charge in [0, 0.05) is 11.7 Å². The number of rotatable bonds is 6. The van der Waals surface area contributed by atoms with Crippen molar-refractivity contribution in [3.63, 3.8) is 0 Å². The molecule has 2 aromatic carbocycles. The number of nitrogens with one attached hydrogen (secondary N) is 2. The summed E-state index contributed by atoms with van der Waals surface area (Å²) in [7, 11) is 0. The Morgan fingerprint density at radius 1 is 1.07 bits per heavy atom. The highest BCUT2D eigenvalue weighted by Gasteiger charge is 2.12. The predicted octanol–water partition coefficient (Wildman–Crippen LogP) is 4.09. The van der Waals surface area contributed by atoms with Crippen LogP contribution in [0.3, 0.4) is 0 Å². The molecule has 2 aromatic heterocycles. The molecule has 2 heterocycles. The number of H-pyrrole nitrogens is 1. The predicted molar refractivity (Wildman–Crippen MR) is 107 cm³/mol. The second-order valence-corrected chi connectivity index (χ2v) is 6.28. The summed E-state index contributed by atoms with van der Waals surface area (Å²) < 4.78 is 5.30. The zero-order valence-corrected chi connectivity index (χ0v) is 15.0. The smallest absolute Gasteiger partial charge is 0.143 e. The highest BCUT2D eigenvalue weighted by atomic mass is 16.5. The van der Waals surface area contributed by atoms with Crippen LogP contribution in [0.15, 0.2) is 67.0 Å². The maximum absolute atomic E-state index is 5.41. The fraction of sp³-hybridized carbons (Fsp3) is 0.143. The summed E-state index contributed by atoms with van der Waals surface area (Å²) in [5, 5.41) is 4.44. The van der Waals surface area contributed by atoms with Crippen LogP contribution in [-0.4, -0.2) is 21.7 Å². The van der Waals surface area contributed by atoms with Crippen molar-refractivity contribution < 1.29 is 4.74 Å². The zero-order chi connectivity index (χ0) is 18.6. The molecular weight excluding hydrogens is 338 g/mol. The normalized spacial score (nSPS) is 12.1. The third-order valence-corrected chi connectivity index (χ3v) is 4.49. The zero-order valence-electron chi connectivity index (χ0n) is 15.0. The summed E-state index contributed by atoms with van der Waals surface area (Å²) in [6.45, 7) is 2.28. The van der Waals surface area contributed by atoms with Gasteiger partial charge in [0.2, 0.25) is 0 Å². The van der Waals surface area contributed by atoms with E-state index in [0.717, 1.165) is 33.9 Å². The lowest BCUT2D eigenvalue weighted by atomic mass is 10.1. The van der Waals surface area contributed by atoms with Crippen molar-refractivity contribution in [3.05, 3.63) is 72.6 Å². The maximum atomic E-state index is 5.41. The van der Waals surface area contributed by atoms with Crippen LogP contribution >= 0.6 is 0 Å². The van der Waals surface area contributed by atoms with Gasteiger partial charge >= 0.3 is 0 Å². The Bertz CT molecular complexity index is 1030. The van der Waals surface area contributed by atoms with E-state index in [2.05, 4.69) is 45.4 Å². The van der Waals surface area contributed by atoms with Gasteiger partial charge in [0.15, 0.2) is 0 Å². The summed E-state index contributed by atoms with van der Waals surface area (Å²) in [5.74, 6) is 1.55. The van der Waals surface area contributed by atoms with Crippen LogP contribution in [0.5, 0.6) is 5.75 Å². The largest absolute Gasteiger partial charge is 0.479 e. The minimum absolute atomic E-state index is 0.135. The Hall–Kier alpha value is -3.38. The van der Waals surface area contributed by atoms with Crippen molar-refractivity contribution in [3.8, 4) is 17.0 Å². The molecule has 0 aliphatic rings. The lowest BCUT2D eigenvalue weighted by Crippen LogP contribution is -2.08. The average molecular weight is 359 g/mol. The number of hydrogen-bond donors (Lipinski definition) is 3. The summed E-state index contributed by atoms with van der Waals surface area (Å²) in [6, 6.07) is 20.3. The number of nitrogens with zero attached hydrogens (tertiary/aromatic N) is 2. The molecule has 27 heavy (non-hydrogen) atoms. The van der Waals surface area contributed by atoms with E-state index in [0.29, 0.717) is 0 Å². The van der Waals surface area contributed by atoms with Crippen LogP contribution in [0.1, 0.15) is 18.5 Å². The van der Waals surface area contributed by atoms with Gasteiger partial charge in [-0.05, 0) is 48.4 Å². The van der Waals surface area contributed by atoms with Crippen LogP contribution in [0.2, 0.25) is 0 Å². The van der Waals surface area contributed by atoms with Gasteiger partial charge in [-0.15, -0.1) is 0 Å². The quantitative estimate of drug-likeness (QED) is 0.451. The number of benzene rings is 2. The van der Waals surface area contributed by atoms with Gasteiger partial charge in [0.05, 0.1) is 5.39 Å². The molecule has 0 aliphatic heterocycles. The molecule has 6 heteroatoms. The first-order chi connectivity index (χ1) is 13.2. The highest BCUT2D eigenvalue weighted by Crippen LogP contribution is 2.29. The molecule has 0 saturated carbocycles. The molecule has 4 aromatic rings. The second kappa shape index (κ2) is 7.47. The number of hydrogen-bond acceptors (Lipinski definition) is 5. The minimum atomic E-state index is 0.135. The Balaban J connectivity index is 1.64. The number of aromatic amines is 1. The molecule has 6 nitrogen and oxygen atoms in total. The van der Waals surface area contributed by atoms with Gasteiger partial charge in [-0.2, -0.15) is 0 Å². The summed E-state index contributed by atoms with van der Waals surface area (Å²) >= 11 is 0. The van der Waals surface area contributed by atoms with Crippen LogP contribution in [-0.2, 0) is 0 Å². The van der Waals surface area contributed by atoms with Gasteiger partial charge < -0.3 is 15.0 Å². The Morgan fingerprint density at radius 2 is 1.85 bits per heavy atom. The lowest BCUT2D eigenvalue weighted by Gasteiger charge is -2.15. The second-order valence-electron chi connectivity index (χ2n) is 6.28. The van der Waals surface area contributed by atoms with Gasteiger partial charge in [-0.25, -0.2) is 9.97 Å². The van der Waals surface area contributed by atoms with Crippen molar-refractivity contribution >= 4 is 16.9 Å². The van der Waals surface area contributed by atoms with Crippen molar-refractivity contribution in [2.24, 2.45) is 5.73 Å². The van der Waals surface area contributed by atoms with Crippen LogP contribution in [0.4, 0.5) is 5.82 Å². The molecule has 0 radical (unpaired) electrons. The van der Waals surface area contributed by atoms with E-state index in [9.17, 15) is 0 Å². The van der Waals surface area contributed by atoms with Crippen LogP contribution in [0.25, 0.3) is 22.3 Å². The van der Waals surface area contributed by atoms with E-state index in [4.69, 9.17) is 10.5 Å². The van der Waals surface area contributed by atoms with Crippen molar-refractivity contribution in [1.29, 1.82) is 0 Å². The van der Waals surface area contributed by atoms with Crippen molar-refractivity contribution in [2.45, 2.75) is 13.0 Å². The maximum Gasteiger partial charge on any atom is 0.143 e. The summed E-state index contributed by atoms with van der Waals surface area (Å²) in [4.78, 5) is 12.2. The fourth-order valence-corrected chi connectivity index (χ4v) is 3.07. The van der Waals surface area contributed by atoms with Crippen LogP contribution < -0.4 is 15.8 Å². The first kappa shape index (κ1) is 17.1. The minimum Gasteiger partial charge on any atom is -0.479 e. The van der Waals surface area contributed by atoms with Gasteiger partial charge in [-0.1, -0.05) is 30.3 Å². The van der Waals surface area contributed by atoms with Gasteiger partial charge in [0.1, 0.15) is 30.3 Å². The van der Waals surface area contributed by atoms with Crippen LogP contribution in [0, 0.1) is 0 Å². The standard InChI is InChI=1S/C21H21N5O/c1-14(15-5-3-2-4-6-15)25-20-18-11-19(26-21(18)24-13-23-20)16-7-9-17(10-8-16)27-12-22/h2-11,13-14H,12,22H2,1H3,(H2,23,24,25,26)/t14-/m1/s1. The SMILES string of the molecule is C[C@@H](Nc1ncnc2[nH]c(-c3ccc(OCN)cc3)cc12)c1ccccc1. The molecule has 0 amide bonds. The molecule has 0 saturated heterocycles. The molecule has 1 atom stereocenters.